The van der Waals surface area contributed by atoms with Crippen molar-refractivity contribution in [1.82, 2.24) is 29.7 Å². The summed E-state index contributed by atoms with van der Waals surface area (Å²) in [6, 6.07) is 6.33. The number of pyridine rings is 2. The molecule has 1 aromatic carbocycles. The largest absolute Gasteiger partial charge is 0.341 e. The minimum Gasteiger partial charge on any atom is -0.341 e. The molecular weight excluding hydrogens is 450 g/mol. The zero-order chi connectivity index (χ0) is 26.1. The second kappa shape index (κ2) is 9.89. The van der Waals surface area contributed by atoms with Crippen molar-refractivity contribution >= 4 is 39.3 Å². The van der Waals surface area contributed by atoms with Crippen molar-refractivity contribution in [2.24, 2.45) is 7.05 Å². The van der Waals surface area contributed by atoms with E-state index in [0.29, 0.717) is 5.65 Å². The number of nitrogens with zero attached hydrogens (tertiary/aromatic N) is 6. The number of hydrogen-bond donors (Lipinski definition) is 1. The van der Waals surface area contributed by atoms with E-state index < -0.39 is 0 Å². The summed E-state index contributed by atoms with van der Waals surface area (Å²) in [6.07, 6.45) is 6.41. The van der Waals surface area contributed by atoms with E-state index in [1.807, 2.05) is 60.3 Å². The van der Waals surface area contributed by atoms with Gasteiger partial charge in [-0.05, 0) is 62.1 Å². The van der Waals surface area contributed by atoms with Gasteiger partial charge in [0.05, 0.1) is 28.1 Å². The zero-order valence-electron chi connectivity index (χ0n) is 22.3. The Bertz CT molecular complexity index is 1580. The van der Waals surface area contributed by atoms with Crippen LogP contribution in [0.1, 0.15) is 50.3 Å². The normalized spacial score (nSPS) is 11.0. The van der Waals surface area contributed by atoms with Crippen LogP contribution < -0.4 is 4.90 Å². The van der Waals surface area contributed by atoms with Crippen LogP contribution in [0.15, 0.2) is 36.8 Å². The van der Waals surface area contributed by atoms with Gasteiger partial charge >= 0.3 is 0 Å². The van der Waals surface area contributed by atoms with Crippen molar-refractivity contribution in [3.05, 3.63) is 59.4 Å². The molecule has 186 valence electrons. The number of imidazole rings is 1. The van der Waals surface area contributed by atoms with Gasteiger partial charge in [-0.15, -0.1) is 0 Å². The summed E-state index contributed by atoms with van der Waals surface area (Å²) in [6.45, 7) is 13.5. The molecule has 8 nitrogen and oxygen atoms in total. The van der Waals surface area contributed by atoms with Gasteiger partial charge in [-0.1, -0.05) is 20.8 Å². The number of fused-ring (bicyclic) bond motifs is 2. The lowest BCUT2D eigenvalue weighted by Gasteiger charge is -2.24. The van der Waals surface area contributed by atoms with E-state index in [-0.39, 0.29) is 5.91 Å². The maximum atomic E-state index is 13.0. The molecule has 0 unspecified atom stereocenters. The fourth-order valence-corrected chi connectivity index (χ4v) is 4.65. The molecule has 4 aromatic heterocycles. The molecule has 0 spiro atoms. The highest BCUT2D eigenvalue weighted by atomic mass is 16.2. The molecule has 5 aromatic rings. The Morgan fingerprint density at radius 1 is 1.08 bits per heavy atom. The average molecular weight is 484 g/mol. The summed E-state index contributed by atoms with van der Waals surface area (Å²) in [5.74, 6) is 0.753. The molecule has 0 bridgehead atoms. The van der Waals surface area contributed by atoms with Crippen LogP contribution in [0.2, 0.25) is 0 Å². The number of carbonyl (C=O) groups excluding carboxylic acids is 1. The fourth-order valence-electron chi connectivity index (χ4n) is 4.65. The number of aromatic nitrogens is 6. The van der Waals surface area contributed by atoms with E-state index in [2.05, 4.69) is 45.2 Å². The van der Waals surface area contributed by atoms with Gasteiger partial charge in [-0.25, -0.2) is 9.97 Å². The number of aromatic amines is 1. The maximum Gasteiger partial charge on any atom is 0.228 e. The number of rotatable bonds is 4. The van der Waals surface area contributed by atoms with Crippen molar-refractivity contribution in [3.8, 4) is 11.1 Å². The van der Waals surface area contributed by atoms with Crippen LogP contribution in [0.5, 0.6) is 0 Å². The van der Waals surface area contributed by atoms with Crippen molar-refractivity contribution < 1.29 is 4.79 Å². The number of anilines is 2. The van der Waals surface area contributed by atoms with Crippen LogP contribution >= 0.6 is 0 Å². The number of nitrogens with one attached hydrogen (secondary N) is 1. The summed E-state index contributed by atoms with van der Waals surface area (Å²) in [5.41, 5.74) is 8.97. The molecule has 0 fully saturated rings. The number of carbonyl (C=O) groups is 1. The van der Waals surface area contributed by atoms with Crippen LogP contribution in [-0.2, 0) is 18.3 Å². The number of benzene rings is 1. The van der Waals surface area contributed by atoms with Crippen LogP contribution in [0.3, 0.4) is 0 Å². The maximum absolute atomic E-state index is 13.0. The second-order valence-electron chi connectivity index (χ2n) is 8.72. The van der Waals surface area contributed by atoms with Crippen LogP contribution in [0.4, 0.5) is 11.4 Å². The molecule has 1 N–H and O–H groups in total. The van der Waals surface area contributed by atoms with Crippen molar-refractivity contribution in [1.29, 1.82) is 0 Å². The first-order valence-electron chi connectivity index (χ1n) is 12.3. The minimum atomic E-state index is -0.0798. The Kier molecular flexibility index (Phi) is 6.88. The molecule has 0 radical (unpaired) electrons. The summed E-state index contributed by atoms with van der Waals surface area (Å²) >= 11 is 0. The molecule has 0 aliphatic heterocycles. The van der Waals surface area contributed by atoms with Crippen LogP contribution in [-0.4, -0.2) is 35.6 Å². The molecule has 4 heterocycles. The number of hydrogen-bond acceptors (Lipinski definition) is 5. The third kappa shape index (κ3) is 4.34. The van der Waals surface area contributed by atoms with Crippen molar-refractivity contribution in [3.63, 3.8) is 0 Å². The van der Waals surface area contributed by atoms with E-state index in [0.717, 1.165) is 62.4 Å². The second-order valence-corrected chi connectivity index (χ2v) is 8.72. The lowest BCUT2D eigenvalue weighted by atomic mass is 9.95. The Hall–Kier alpha value is -4.07. The minimum absolute atomic E-state index is 0.0798. The third-order valence-corrected chi connectivity index (χ3v) is 6.16. The molecule has 0 saturated carbocycles. The molecule has 0 atom stereocenters. The fraction of sp³-hybridized carbons (Fsp3) is 0.321. The summed E-state index contributed by atoms with van der Waals surface area (Å²) < 4.78 is 1.73. The van der Waals surface area contributed by atoms with Gasteiger partial charge in [0, 0.05) is 43.5 Å². The van der Waals surface area contributed by atoms with Gasteiger partial charge in [0.15, 0.2) is 5.65 Å². The van der Waals surface area contributed by atoms with E-state index in [4.69, 9.17) is 4.98 Å². The first-order chi connectivity index (χ1) is 17.3. The van der Waals surface area contributed by atoms with Crippen LogP contribution in [0, 0.1) is 20.8 Å². The molecule has 0 aliphatic rings. The highest BCUT2D eigenvalue weighted by Gasteiger charge is 2.24. The molecule has 1 amide bonds. The quantitative estimate of drug-likeness (QED) is 0.333. The van der Waals surface area contributed by atoms with E-state index in [1.165, 1.54) is 5.56 Å². The third-order valence-electron chi connectivity index (χ3n) is 6.16. The summed E-state index contributed by atoms with van der Waals surface area (Å²) in [4.78, 5) is 31.7. The summed E-state index contributed by atoms with van der Waals surface area (Å²) in [7, 11) is 1.86. The standard InChI is InChI=1S/C26H27N7O.C2H6/c1-7-18-8-22-21(10-20(18)19-9-23-26(28-12-19)30-16(4)29-23)25(14(2)11-27-22)33(17(5)34)24-13-32(6)31-15(24)3;1-2/h8-13H,7H2,1-6H3,(H,28,29,30);1-2H3. The first kappa shape index (κ1) is 25.0. The smallest absolute Gasteiger partial charge is 0.228 e. The average Bonchev–Trinajstić information content (AvgIpc) is 3.40. The Morgan fingerprint density at radius 3 is 2.47 bits per heavy atom. The molecule has 0 saturated heterocycles. The molecule has 8 heteroatoms. The topological polar surface area (TPSA) is 92.6 Å². The lowest BCUT2D eigenvalue weighted by molar-refractivity contribution is -0.115. The molecule has 5 rings (SSSR count). The Morgan fingerprint density at radius 2 is 1.83 bits per heavy atom. The monoisotopic (exact) mass is 483 g/mol. The number of amides is 1. The van der Waals surface area contributed by atoms with Gasteiger partial charge < -0.3 is 4.98 Å². The molecule has 0 aliphatic carbocycles. The highest BCUT2D eigenvalue weighted by molar-refractivity contribution is 6.09. The predicted octanol–water partition coefficient (Wildman–Crippen LogP) is 6.11. The van der Waals surface area contributed by atoms with Gasteiger partial charge in [0.2, 0.25) is 5.91 Å². The first-order valence-corrected chi connectivity index (χ1v) is 12.3. The highest BCUT2D eigenvalue weighted by Crippen LogP contribution is 2.39. The van der Waals surface area contributed by atoms with E-state index in [1.54, 1.807) is 16.5 Å². The van der Waals surface area contributed by atoms with Crippen molar-refractivity contribution in [2.75, 3.05) is 4.90 Å². The molecule has 36 heavy (non-hydrogen) atoms. The molecular formula is C28H33N7O. The van der Waals surface area contributed by atoms with E-state index >= 15 is 0 Å². The van der Waals surface area contributed by atoms with Crippen LogP contribution in [0.25, 0.3) is 33.2 Å². The van der Waals surface area contributed by atoms with Gasteiger partial charge in [0.25, 0.3) is 0 Å². The number of aryl methyl sites for hydroxylation is 5. The van der Waals surface area contributed by atoms with E-state index in [9.17, 15) is 4.79 Å². The predicted molar refractivity (Wildman–Crippen MR) is 146 cm³/mol. The SMILES string of the molecule is CC.CCc1cc2ncc(C)c(N(C(C)=O)c3cn(C)nc3C)c2cc1-c1cnc2nc(C)[nH]c2c1. The van der Waals surface area contributed by atoms with Gasteiger partial charge in [-0.2, -0.15) is 5.10 Å². The number of H-pyrrole nitrogens is 1. The van der Waals surface area contributed by atoms with Gasteiger partial charge in [0.1, 0.15) is 5.82 Å². The Balaban J connectivity index is 0.00000148. The summed E-state index contributed by atoms with van der Waals surface area (Å²) in [5, 5.41) is 5.37. The Labute approximate surface area is 211 Å². The van der Waals surface area contributed by atoms with Crippen molar-refractivity contribution in [2.45, 2.75) is 54.9 Å². The lowest BCUT2D eigenvalue weighted by Crippen LogP contribution is -2.24. The zero-order valence-corrected chi connectivity index (χ0v) is 22.3. The van der Waals surface area contributed by atoms with Gasteiger partial charge in [-0.3, -0.25) is 19.4 Å².